The van der Waals surface area contributed by atoms with Crippen molar-refractivity contribution in [2.24, 2.45) is 5.92 Å². The number of carbonyl (C=O) groups is 2. The number of carboxylic acids is 1. The first-order valence-electron chi connectivity index (χ1n) is 7.76. The predicted octanol–water partition coefficient (Wildman–Crippen LogP) is 3.35. The number of carbonyl (C=O) groups excluding carboxylic acids is 1. The molecule has 0 bridgehead atoms. The van der Waals surface area contributed by atoms with Crippen molar-refractivity contribution in [3.63, 3.8) is 0 Å². The fourth-order valence-electron chi connectivity index (χ4n) is 3.08. The van der Waals surface area contributed by atoms with E-state index >= 15 is 0 Å². The third kappa shape index (κ3) is 3.55. The van der Waals surface area contributed by atoms with Gasteiger partial charge >= 0.3 is 12.1 Å². The van der Waals surface area contributed by atoms with E-state index in [1.54, 1.807) is 6.92 Å². The van der Waals surface area contributed by atoms with Gasteiger partial charge < -0.3 is 10.0 Å². The largest absolute Gasteiger partial charge is 0.480 e. The highest BCUT2D eigenvalue weighted by molar-refractivity contribution is 5.88. The van der Waals surface area contributed by atoms with Crippen LogP contribution in [0.15, 0.2) is 24.3 Å². The number of benzene rings is 1. The lowest BCUT2D eigenvalue weighted by Gasteiger charge is -2.33. The van der Waals surface area contributed by atoms with Gasteiger partial charge in [-0.1, -0.05) is 19.1 Å². The molecule has 4 nitrogen and oxygen atoms in total. The maximum Gasteiger partial charge on any atom is 0.416 e. The van der Waals surface area contributed by atoms with Crippen molar-refractivity contribution in [1.29, 1.82) is 0 Å². The molecule has 132 valence electrons. The van der Waals surface area contributed by atoms with Gasteiger partial charge in [-0.2, -0.15) is 13.2 Å². The molecule has 1 aromatic carbocycles. The molecule has 2 atom stereocenters. The van der Waals surface area contributed by atoms with Gasteiger partial charge in [-0.05, 0) is 43.9 Å². The van der Waals surface area contributed by atoms with Gasteiger partial charge in [0.1, 0.15) is 5.54 Å². The Morgan fingerprint density at radius 2 is 1.88 bits per heavy atom. The zero-order chi connectivity index (χ0) is 18.1. The van der Waals surface area contributed by atoms with Crippen LogP contribution in [0, 0.1) is 5.92 Å². The van der Waals surface area contributed by atoms with Crippen molar-refractivity contribution in [2.45, 2.75) is 44.8 Å². The summed E-state index contributed by atoms with van der Waals surface area (Å²) in [5, 5.41) is 9.37. The lowest BCUT2D eigenvalue weighted by molar-refractivity contribution is -0.156. The Hall–Kier alpha value is -2.05. The maximum atomic E-state index is 12.6. The molecule has 0 radical (unpaired) electrons. The van der Waals surface area contributed by atoms with Crippen molar-refractivity contribution in [2.75, 3.05) is 6.54 Å². The molecule has 1 aliphatic rings. The number of likely N-dealkylation sites (tertiary alicyclic amines) is 1. The van der Waals surface area contributed by atoms with Crippen LogP contribution < -0.4 is 0 Å². The summed E-state index contributed by atoms with van der Waals surface area (Å²) in [6.45, 7) is 3.59. The molecular weight excluding hydrogens is 323 g/mol. The van der Waals surface area contributed by atoms with Gasteiger partial charge in [-0.15, -0.1) is 0 Å². The van der Waals surface area contributed by atoms with E-state index in [2.05, 4.69) is 0 Å². The highest BCUT2D eigenvalue weighted by Crippen LogP contribution is 2.32. The standard InChI is InChI=1S/C17H20F3NO3/c1-11(10-12-4-6-13(7-5-12)17(18,19)20)14(22)21-9-3-8-16(21,2)15(23)24/h4-7,11H,3,8-10H2,1-2H3,(H,23,24). The summed E-state index contributed by atoms with van der Waals surface area (Å²) < 4.78 is 37.7. The van der Waals surface area contributed by atoms with E-state index < -0.39 is 29.2 Å². The smallest absolute Gasteiger partial charge is 0.416 e. The summed E-state index contributed by atoms with van der Waals surface area (Å²) in [5.74, 6) is -1.81. The number of halogens is 3. The summed E-state index contributed by atoms with van der Waals surface area (Å²) in [6.07, 6.45) is -3.09. The van der Waals surface area contributed by atoms with Crippen molar-refractivity contribution in [1.82, 2.24) is 4.90 Å². The van der Waals surface area contributed by atoms with Crippen LogP contribution in [0.3, 0.4) is 0 Å². The minimum atomic E-state index is -4.39. The SMILES string of the molecule is CC(Cc1ccc(C(F)(F)F)cc1)C(=O)N1CCCC1(C)C(=O)O. The molecule has 1 fully saturated rings. The molecule has 1 amide bonds. The quantitative estimate of drug-likeness (QED) is 0.912. The summed E-state index contributed by atoms with van der Waals surface area (Å²) in [5.41, 5.74) is -1.32. The molecule has 2 rings (SSSR count). The van der Waals surface area contributed by atoms with Crippen molar-refractivity contribution >= 4 is 11.9 Å². The molecule has 1 saturated heterocycles. The van der Waals surface area contributed by atoms with E-state index in [1.807, 2.05) is 0 Å². The van der Waals surface area contributed by atoms with Gasteiger partial charge in [0.2, 0.25) is 5.91 Å². The number of hydrogen-bond donors (Lipinski definition) is 1. The van der Waals surface area contributed by atoms with E-state index in [9.17, 15) is 27.9 Å². The Morgan fingerprint density at radius 1 is 1.29 bits per heavy atom. The van der Waals surface area contributed by atoms with Crippen molar-refractivity contribution < 1.29 is 27.9 Å². The zero-order valence-corrected chi connectivity index (χ0v) is 13.6. The van der Waals surface area contributed by atoms with Crippen molar-refractivity contribution in [3.8, 4) is 0 Å². The van der Waals surface area contributed by atoms with E-state index in [0.29, 0.717) is 24.9 Å². The Morgan fingerprint density at radius 3 is 2.38 bits per heavy atom. The fraction of sp³-hybridized carbons (Fsp3) is 0.529. The third-order valence-corrected chi connectivity index (χ3v) is 4.61. The predicted molar refractivity (Wildman–Crippen MR) is 81.3 cm³/mol. The summed E-state index contributed by atoms with van der Waals surface area (Å²) in [7, 11) is 0. The number of alkyl halides is 3. The Kier molecular flexibility index (Phi) is 4.92. The summed E-state index contributed by atoms with van der Waals surface area (Å²) >= 11 is 0. The first-order chi connectivity index (χ1) is 11.1. The second-order valence-electron chi connectivity index (χ2n) is 6.47. The Labute approximate surface area is 138 Å². The first kappa shape index (κ1) is 18.3. The van der Waals surface area contributed by atoms with Crippen LogP contribution in [0.5, 0.6) is 0 Å². The topological polar surface area (TPSA) is 57.6 Å². The number of nitrogens with zero attached hydrogens (tertiary/aromatic N) is 1. The molecule has 1 aromatic rings. The average Bonchev–Trinajstić information content (AvgIpc) is 2.89. The summed E-state index contributed by atoms with van der Waals surface area (Å²) in [4.78, 5) is 25.4. The average molecular weight is 343 g/mol. The van der Waals surface area contributed by atoms with Gasteiger partial charge in [0.15, 0.2) is 0 Å². The molecule has 0 spiro atoms. The molecule has 0 aliphatic carbocycles. The van der Waals surface area contributed by atoms with Crippen LogP contribution in [-0.2, 0) is 22.2 Å². The highest BCUT2D eigenvalue weighted by Gasteiger charge is 2.46. The molecule has 1 heterocycles. The first-order valence-corrected chi connectivity index (χ1v) is 7.76. The monoisotopic (exact) mass is 343 g/mol. The Balaban J connectivity index is 2.08. The lowest BCUT2D eigenvalue weighted by Crippen LogP contribution is -2.52. The molecule has 24 heavy (non-hydrogen) atoms. The van der Waals surface area contributed by atoms with Crippen LogP contribution in [0.1, 0.15) is 37.8 Å². The molecule has 1 aliphatic heterocycles. The number of carboxylic acid groups (broad SMARTS) is 1. The number of aliphatic carboxylic acids is 1. The number of amides is 1. The molecule has 1 N–H and O–H groups in total. The van der Waals surface area contributed by atoms with E-state index in [0.717, 1.165) is 12.1 Å². The van der Waals surface area contributed by atoms with Gasteiger partial charge in [0.05, 0.1) is 5.56 Å². The van der Waals surface area contributed by atoms with Crippen molar-refractivity contribution in [3.05, 3.63) is 35.4 Å². The summed E-state index contributed by atoms with van der Waals surface area (Å²) in [6, 6.07) is 4.69. The van der Waals surface area contributed by atoms with Gasteiger partial charge in [-0.25, -0.2) is 4.79 Å². The maximum absolute atomic E-state index is 12.6. The van der Waals surface area contributed by atoms with Crippen LogP contribution >= 0.6 is 0 Å². The van der Waals surface area contributed by atoms with Crippen LogP contribution in [0.2, 0.25) is 0 Å². The van der Waals surface area contributed by atoms with Gasteiger partial charge in [-0.3, -0.25) is 4.79 Å². The van der Waals surface area contributed by atoms with Crippen LogP contribution in [0.25, 0.3) is 0 Å². The van der Waals surface area contributed by atoms with E-state index in [1.165, 1.54) is 24.0 Å². The molecule has 0 saturated carbocycles. The van der Waals surface area contributed by atoms with Gasteiger partial charge in [0, 0.05) is 12.5 Å². The normalized spacial score (nSPS) is 22.5. The molecule has 7 heteroatoms. The number of rotatable bonds is 4. The second-order valence-corrected chi connectivity index (χ2v) is 6.47. The number of hydrogen-bond acceptors (Lipinski definition) is 2. The Bertz CT molecular complexity index is 627. The minimum absolute atomic E-state index is 0.267. The zero-order valence-electron chi connectivity index (χ0n) is 13.6. The second kappa shape index (κ2) is 6.45. The fourth-order valence-corrected chi connectivity index (χ4v) is 3.08. The van der Waals surface area contributed by atoms with Crippen LogP contribution in [-0.4, -0.2) is 34.0 Å². The van der Waals surface area contributed by atoms with E-state index in [-0.39, 0.29) is 12.3 Å². The van der Waals surface area contributed by atoms with Crippen LogP contribution in [0.4, 0.5) is 13.2 Å². The molecular formula is C17H20F3NO3. The highest BCUT2D eigenvalue weighted by atomic mass is 19.4. The van der Waals surface area contributed by atoms with Gasteiger partial charge in [0.25, 0.3) is 0 Å². The molecule has 0 aromatic heterocycles. The third-order valence-electron chi connectivity index (χ3n) is 4.61. The minimum Gasteiger partial charge on any atom is -0.480 e. The molecule has 2 unspecified atom stereocenters. The van der Waals surface area contributed by atoms with E-state index in [4.69, 9.17) is 0 Å². The lowest BCUT2D eigenvalue weighted by atomic mass is 9.95.